The van der Waals surface area contributed by atoms with Crippen LogP contribution in [0.1, 0.15) is 52.9 Å². The molecule has 0 spiro atoms. The van der Waals surface area contributed by atoms with E-state index in [0.29, 0.717) is 11.6 Å². The van der Waals surface area contributed by atoms with Crippen LogP contribution in [0.25, 0.3) is 0 Å². The van der Waals surface area contributed by atoms with E-state index in [2.05, 4.69) is 28.2 Å². The first-order valence-electron chi connectivity index (χ1n) is 10.2. The van der Waals surface area contributed by atoms with Gasteiger partial charge in [-0.15, -0.1) is 0 Å². The minimum absolute atomic E-state index is 0.00831. The van der Waals surface area contributed by atoms with Crippen LogP contribution in [0.4, 0.5) is 0 Å². The molecule has 2 saturated heterocycles. The van der Waals surface area contributed by atoms with Gasteiger partial charge in [0, 0.05) is 42.8 Å². The number of amides is 2. The lowest BCUT2D eigenvalue weighted by atomic mass is 9.76. The predicted molar refractivity (Wildman–Crippen MR) is 104 cm³/mol. The van der Waals surface area contributed by atoms with Gasteiger partial charge in [-0.1, -0.05) is 5.57 Å². The maximum absolute atomic E-state index is 12.6. The topological polar surface area (TPSA) is 91.5 Å². The lowest BCUT2D eigenvalue weighted by Gasteiger charge is -2.42. The standard InChI is InChI=1S/C20H34N4O3/c1-11-14(20(26)24-16-8-9-21-13(3)19(11)16)10-17(25)22-12(2)15-6-5-7-18(23-15)27-4/h12-13,15-16,18-19,21,23H,5-10H2,1-4H3,(H,22,25)(H,24,26)/t12-,13?,15?,16?,18?,19?/m0/s1. The fourth-order valence-corrected chi connectivity index (χ4v) is 4.89. The predicted octanol–water partition coefficient (Wildman–Crippen LogP) is 0.809. The summed E-state index contributed by atoms with van der Waals surface area (Å²) < 4.78 is 5.40. The monoisotopic (exact) mass is 378 g/mol. The number of hydrogen-bond acceptors (Lipinski definition) is 5. The zero-order valence-corrected chi connectivity index (χ0v) is 16.9. The van der Waals surface area contributed by atoms with Gasteiger partial charge in [0.05, 0.1) is 6.42 Å². The van der Waals surface area contributed by atoms with Crippen molar-refractivity contribution in [2.24, 2.45) is 5.92 Å². The van der Waals surface area contributed by atoms with Gasteiger partial charge in [0.15, 0.2) is 0 Å². The van der Waals surface area contributed by atoms with Gasteiger partial charge in [-0.3, -0.25) is 14.9 Å². The van der Waals surface area contributed by atoms with Crippen LogP contribution in [0.5, 0.6) is 0 Å². The lowest BCUT2D eigenvalue weighted by molar-refractivity contribution is -0.125. The van der Waals surface area contributed by atoms with Gasteiger partial charge in [-0.25, -0.2) is 0 Å². The normalized spacial score (nSPS) is 35.3. The Balaban J connectivity index is 1.62. The largest absolute Gasteiger partial charge is 0.367 e. The van der Waals surface area contributed by atoms with Crippen molar-refractivity contribution in [3.8, 4) is 0 Å². The quantitative estimate of drug-likeness (QED) is 0.568. The summed E-state index contributed by atoms with van der Waals surface area (Å²) in [6.45, 7) is 7.09. The van der Waals surface area contributed by atoms with E-state index in [1.54, 1.807) is 7.11 Å². The molecule has 3 rings (SSSR count). The number of carbonyl (C=O) groups is 2. The smallest absolute Gasteiger partial charge is 0.247 e. The van der Waals surface area contributed by atoms with E-state index in [1.807, 2.05) is 13.8 Å². The molecule has 3 aliphatic rings. The van der Waals surface area contributed by atoms with Crippen molar-refractivity contribution in [3.05, 3.63) is 11.1 Å². The first kappa shape index (κ1) is 20.3. The molecule has 3 aliphatic heterocycles. The molecule has 4 N–H and O–H groups in total. The van der Waals surface area contributed by atoms with Gasteiger partial charge in [0.1, 0.15) is 6.23 Å². The molecule has 0 aliphatic carbocycles. The highest BCUT2D eigenvalue weighted by Gasteiger charge is 2.39. The molecule has 0 bridgehead atoms. The molecular weight excluding hydrogens is 344 g/mol. The average molecular weight is 379 g/mol. The molecule has 3 heterocycles. The van der Waals surface area contributed by atoms with Crippen molar-refractivity contribution in [1.82, 2.24) is 21.3 Å². The highest BCUT2D eigenvalue weighted by atomic mass is 16.5. The second-order valence-corrected chi connectivity index (χ2v) is 8.26. The Morgan fingerprint density at radius 2 is 2.11 bits per heavy atom. The molecule has 2 amide bonds. The molecule has 7 heteroatoms. The number of methoxy groups -OCH3 is 1. The second-order valence-electron chi connectivity index (χ2n) is 8.26. The van der Waals surface area contributed by atoms with Crippen LogP contribution < -0.4 is 21.3 Å². The summed E-state index contributed by atoms with van der Waals surface area (Å²) in [4.78, 5) is 25.2. The summed E-state index contributed by atoms with van der Waals surface area (Å²) in [7, 11) is 1.70. The fourth-order valence-electron chi connectivity index (χ4n) is 4.89. The van der Waals surface area contributed by atoms with E-state index < -0.39 is 0 Å². The van der Waals surface area contributed by atoms with Crippen molar-refractivity contribution in [1.29, 1.82) is 0 Å². The Labute approximate surface area is 162 Å². The zero-order valence-electron chi connectivity index (χ0n) is 16.9. The van der Waals surface area contributed by atoms with Crippen LogP contribution in [0.2, 0.25) is 0 Å². The minimum atomic E-state index is -0.0942. The van der Waals surface area contributed by atoms with Crippen LogP contribution in [0, 0.1) is 5.92 Å². The Bertz CT molecular complexity index is 606. The molecule has 5 unspecified atom stereocenters. The summed E-state index contributed by atoms with van der Waals surface area (Å²) in [5.74, 6) is 0.0863. The number of ether oxygens (including phenoxy) is 1. The fraction of sp³-hybridized carbons (Fsp3) is 0.800. The Morgan fingerprint density at radius 1 is 1.33 bits per heavy atom. The first-order chi connectivity index (χ1) is 12.9. The molecule has 2 fully saturated rings. The summed E-state index contributed by atoms with van der Waals surface area (Å²) in [5.41, 5.74) is 1.68. The third-order valence-corrected chi connectivity index (χ3v) is 6.46. The molecule has 0 aromatic carbocycles. The van der Waals surface area contributed by atoms with Crippen LogP contribution in [0.3, 0.4) is 0 Å². The number of carbonyl (C=O) groups excluding carboxylic acids is 2. The molecular formula is C20H34N4O3. The summed E-state index contributed by atoms with van der Waals surface area (Å²) in [6.07, 6.45) is 4.21. The van der Waals surface area contributed by atoms with Crippen molar-refractivity contribution in [3.63, 3.8) is 0 Å². The number of piperidine rings is 2. The lowest BCUT2D eigenvalue weighted by Crippen LogP contribution is -2.57. The zero-order chi connectivity index (χ0) is 19.6. The van der Waals surface area contributed by atoms with Crippen molar-refractivity contribution in [2.45, 2.75) is 83.3 Å². The van der Waals surface area contributed by atoms with Gasteiger partial charge in [0.25, 0.3) is 0 Å². The average Bonchev–Trinajstić information content (AvgIpc) is 2.65. The van der Waals surface area contributed by atoms with E-state index in [4.69, 9.17) is 4.74 Å². The van der Waals surface area contributed by atoms with Gasteiger partial charge in [-0.05, 0) is 53.0 Å². The van der Waals surface area contributed by atoms with Gasteiger partial charge >= 0.3 is 0 Å². The van der Waals surface area contributed by atoms with Crippen molar-refractivity contribution >= 4 is 11.8 Å². The maximum atomic E-state index is 12.6. The highest BCUT2D eigenvalue weighted by molar-refractivity contribution is 6.00. The molecule has 0 radical (unpaired) electrons. The summed E-state index contributed by atoms with van der Waals surface area (Å²) >= 11 is 0. The second kappa shape index (κ2) is 8.71. The number of fused-ring (bicyclic) bond motifs is 1. The molecule has 152 valence electrons. The van der Waals surface area contributed by atoms with Crippen LogP contribution in [-0.2, 0) is 14.3 Å². The van der Waals surface area contributed by atoms with Gasteiger partial charge < -0.3 is 20.7 Å². The number of nitrogens with one attached hydrogen (secondary N) is 4. The molecule has 0 saturated carbocycles. The number of rotatable bonds is 5. The van der Waals surface area contributed by atoms with Crippen LogP contribution in [-0.4, -0.2) is 55.9 Å². The van der Waals surface area contributed by atoms with E-state index in [9.17, 15) is 9.59 Å². The van der Waals surface area contributed by atoms with Gasteiger partial charge in [0.2, 0.25) is 11.8 Å². The van der Waals surface area contributed by atoms with Crippen molar-refractivity contribution < 1.29 is 14.3 Å². The minimum Gasteiger partial charge on any atom is -0.367 e. The summed E-state index contributed by atoms with van der Waals surface area (Å²) in [5, 5.41) is 13.1. The molecule has 6 atom stereocenters. The van der Waals surface area contributed by atoms with E-state index in [1.165, 1.54) is 0 Å². The van der Waals surface area contributed by atoms with Gasteiger partial charge in [-0.2, -0.15) is 0 Å². The number of hydrogen-bond donors (Lipinski definition) is 4. The Hall–Kier alpha value is -1.44. The Kier molecular flexibility index (Phi) is 6.55. The maximum Gasteiger partial charge on any atom is 0.247 e. The first-order valence-corrected chi connectivity index (χ1v) is 10.2. The van der Waals surface area contributed by atoms with E-state index in [-0.39, 0.29) is 48.5 Å². The molecule has 0 aromatic heterocycles. The molecule has 0 aromatic rings. The third kappa shape index (κ3) is 4.52. The third-order valence-electron chi connectivity index (χ3n) is 6.46. The van der Waals surface area contributed by atoms with Crippen LogP contribution >= 0.6 is 0 Å². The molecule has 7 nitrogen and oxygen atoms in total. The van der Waals surface area contributed by atoms with Crippen molar-refractivity contribution in [2.75, 3.05) is 13.7 Å². The summed E-state index contributed by atoms with van der Waals surface area (Å²) in [6, 6.07) is 0.663. The van der Waals surface area contributed by atoms with E-state index in [0.717, 1.165) is 37.8 Å². The Morgan fingerprint density at radius 3 is 2.85 bits per heavy atom. The van der Waals surface area contributed by atoms with E-state index >= 15 is 0 Å². The SMILES string of the molecule is COC1CCCC([C@H](C)NC(=O)CC2=C(C)C3C(C)NCCC3NC2=O)N1. The molecule has 27 heavy (non-hydrogen) atoms. The van der Waals surface area contributed by atoms with Crippen LogP contribution in [0.15, 0.2) is 11.1 Å². The highest BCUT2D eigenvalue weighted by Crippen LogP contribution is 2.32.